The first kappa shape index (κ1) is 36.6. The molecule has 0 bridgehead atoms. The number of unbranched alkanes of at least 4 members (excludes halogenated alkanes) is 2. The highest BCUT2D eigenvalue weighted by atomic mass is 19.4. The largest absolute Gasteiger partial charge is 0.573 e. The molecule has 0 radical (unpaired) electrons. The Morgan fingerprint density at radius 2 is 1.28 bits per heavy atom. The summed E-state index contributed by atoms with van der Waals surface area (Å²) in [4.78, 5) is 0. The highest BCUT2D eigenvalue weighted by Crippen LogP contribution is 2.48. The van der Waals surface area contributed by atoms with Gasteiger partial charge in [0.15, 0.2) is 0 Å². The number of alkyl halides is 6. The highest BCUT2D eigenvalue weighted by molar-refractivity contribution is 6.00. The third-order valence-corrected chi connectivity index (χ3v) is 10.8. The summed E-state index contributed by atoms with van der Waals surface area (Å²) < 4.78 is 88.1. The number of hydrogen-bond acceptors (Lipinski definition) is 2. The Morgan fingerprint density at radius 3 is 1.91 bits per heavy atom. The van der Waals surface area contributed by atoms with Gasteiger partial charge in [-0.3, -0.25) is 0 Å². The van der Waals surface area contributed by atoms with E-state index in [4.69, 9.17) is 0 Å². The summed E-state index contributed by atoms with van der Waals surface area (Å²) in [7, 11) is 0. The SMILES string of the molecule is CCCC[N+]1(CCCC)Cc2c(-c3ccc(OC(F)(F)F)cc3)cc3ccccc3c2C2=c3ccccc3=CC(c3ccc(OC(F)(F)F)cc3)C2C1. The molecule has 1 aliphatic heterocycles. The van der Waals surface area contributed by atoms with Gasteiger partial charge in [-0.25, -0.2) is 0 Å². The quantitative estimate of drug-likeness (QED) is 0.105. The topological polar surface area (TPSA) is 18.5 Å². The Morgan fingerprint density at radius 1 is 0.698 bits per heavy atom. The van der Waals surface area contributed by atoms with Crippen LogP contribution >= 0.6 is 0 Å². The van der Waals surface area contributed by atoms with Gasteiger partial charge < -0.3 is 14.0 Å². The number of benzene rings is 5. The zero-order valence-corrected chi connectivity index (χ0v) is 29.7. The van der Waals surface area contributed by atoms with Gasteiger partial charge in [0.25, 0.3) is 0 Å². The second-order valence-electron chi connectivity index (χ2n) is 14.3. The molecule has 0 spiro atoms. The first-order valence-corrected chi connectivity index (χ1v) is 18.3. The summed E-state index contributed by atoms with van der Waals surface area (Å²) >= 11 is 0. The van der Waals surface area contributed by atoms with Crippen molar-refractivity contribution in [3.63, 3.8) is 0 Å². The zero-order chi connectivity index (χ0) is 37.4. The average molecular weight is 731 g/mol. The summed E-state index contributed by atoms with van der Waals surface area (Å²) in [5.74, 6) is -0.709. The molecule has 0 N–H and O–H groups in total. The maximum Gasteiger partial charge on any atom is 0.573 e. The van der Waals surface area contributed by atoms with Crippen molar-refractivity contribution in [2.24, 2.45) is 5.92 Å². The molecule has 9 heteroatoms. The van der Waals surface area contributed by atoms with Gasteiger partial charge in [0.05, 0.1) is 19.6 Å². The van der Waals surface area contributed by atoms with Crippen LogP contribution in [-0.4, -0.2) is 36.8 Å². The number of nitrogens with zero attached hydrogens (tertiary/aromatic N) is 1. The highest BCUT2D eigenvalue weighted by Gasteiger charge is 2.43. The normalized spacial score (nSPS) is 18.0. The minimum Gasteiger partial charge on any atom is -0.406 e. The molecule has 2 atom stereocenters. The van der Waals surface area contributed by atoms with Crippen molar-refractivity contribution >= 4 is 22.4 Å². The van der Waals surface area contributed by atoms with Crippen molar-refractivity contribution in [3.8, 4) is 22.6 Å². The Labute approximate surface area is 305 Å². The first-order valence-electron chi connectivity index (χ1n) is 18.3. The van der Waals surface area contributed by atoms with Gasteiger partial charge in [-0.1, -0.05) is 106 Å². The number of halogens is 6. The van der Waals surface area contributed by atoms with Crippen LogP contribution in [0.4, 0.5) is 26.3 Å². The smallest absolute Gasteiger partial charge is 0.406 e. The van der Waals surface area contributed by atoms with E-state index < -0.39 is 12.7 Å². The van der Waals surface area contributed by atoms with Crippen LogP contribution < -0.4 is 19.9 Å². The van der Waals surface area contributed by atoms with Crippen LogP contribution in [0.15, 0.2) is 103 Å². The van der Waals surface area contributed by atoms with E-state index in [1.165, 1.54) is 29.8 Å². The number of hydrogen-bond donors (Lipinski definition) is 0. The standard InChI is InChI=1S/C44H42F6NO2/c1-3-5-23-51(24-6-4-2)27-39-37(29-15-19-33(20-16-29)52-43(45,46)47)25-31-11-7-9-13-35(31)41(39)42-36-14-10-8-12-32(36)26-38(40(42)28-51)30-17-21-34(22-18-30)53-44(48,49)50/h7-22,25-26,37,39H,3-6,23-24,27-28H2,1-2H3/q+1. The van der Waals surface area contributed by atoms with E-state index in [1.54, 1.807) is 24.3 Å². The number of rotatable bonds is 10. The summed E-state index contributed by atoms with van der Waals surface area (Å²) in [5.41, 5.74) is 6.17. The molecule has 0 aromatic heterocycles. The van der Waals surface area contributed by atoms with Crippen LogP contribution in [0.1, 0.15) is 62.1 Å². The van der Waals surface area contributed by atoms with E-state index >= 15 is 0 Å². The molecule has 5 aromatic rings. The summed E-state index contributed by atoms with van der Waals surface area (Å²) in [6, 6.07) is 31.2. The number of fused-ring (bicyclic) bond motifs is 6. The maximum atomic E-state index is 13.1. The average Bonchev–Trinajstić information content (AvgIpc) is 3.27. The van der Waals surface area contributed by atoms with Crippen molar-refractivity contribution in [2.75, 3.05) is 19.6 Å². The molecule has 276 valence electrons. The molecule has 0 amide bonds. The predicted octanol–water partition coefficient (Wildman–Crippen LogP) is 10.6. The van der Waals surface area contributed by atoms with Gasteiger partial charge in [-0.2, -0.15) is 0 Å². The van der Waals surface area contributed by atoms with E-state index in [1.807, 2.05) is 24.3 Å². The first-order chi connectivity index (χ1) is 25.4. The molecule has 53 heavy (non-hydrogen) atoms. The molecule has 0 saturated heterocycles. The van der Waals surface area contributed by atoms with Gasteiger partial charge in [0.1, 0.15) is 18.0 Å². The van der Waals surface area contributed by atoms with Crippen LogP contribution in [-0.2, 0) is 6.54 Å². The van der Waals surface area contributed by atoms with Gasteiger partial charge in [-0.15, -0.1) is 26.3 Å². The van der Waals surface area contributed by atoms with Crippen molar-refractivity contribution in [1.82, 2.24) is 0 Å². The molecule has 5 aromatic carbocycles. The Balaban J connectivity index is 1.52. The molecule has 1 heterocycles. The van der Waals surface area contributed by atoms with Crippen molar-refractivity contribution in [2.45, 2.75) is 64.7 Å². The van der Waals surface area contributed by atoms with E-state index in [0.29, 0.717) is 0 Å². The monoisotopic (exact) mass is 730 g/mol. The molecule has 2 aliphatic rings. The fourth-order valence-electron chi connectivity index (χ4n) is 8.53. The van der Waals surface area contributed by atoms with E-state index in [-0.39, 0.29) is 23.3 Å². The fraction of sp³-hybridized carbons (Fsp3) is 0.318. The number of ether oxygens (including phenoxy) is 2. The predicted molar refractivity (Wildman–Crippen MR) is 196 cm³/mol. The Kier molecular flexibility index (Phi) is 10.1. The van der Waals surface area contributed by atoms with Gasteiger partial charge in [-0.05, 0) is 92.2 Å². The number of quaternary nitrogens is 1. The molecule has 1 aliphatic carbocycles. The van der Waals surface area contributed by atoms with Gasteiger partial charge in [0.2, 0.25) is 0 Å². The molecule has 0 fully saturated rings. The van der Waals surface area contributed by atoms with E-state index in [0.717, 1.165) is 105 Å². The van der Waals surface area contributed by atoms with E-state index in [9.17, 15) is 26.3 Å². The van der Waals surface area contributed by atoms with Crippen LogP contribution in [0.25, 0.3) is 33.5 Å². The lowest BCUT2D eigenvalue weighted by Gasteiger charge is -2.42. The summed E-state index contributed by atoms with van der Waals surface area (Å²) in [6.07, 6.45) is -3.24. The maximum absolute atomic E-state index is 13.1. The fourth-order valence-corrected chi connectivity index (χ4v) is 8.53. The molecular weight excluding hydrogens is 688 g/mol. The van der Waals surface area contributed by atoms with Crippen molar-refractivity contribution in [1.29, 1.82) is 0 Å². The van der Waals surface area contributed by atoms with Gasteiger partial charge >= 0.3 is 12.7 Å². The summed E-state index contributed by atoms with van der Waals surface area (Å²) in [5, 5.41) is 4.28. The van der Waals surface area contributed by atoms with Crippen molar-refractivity contribution in [3.05, 3.63) is 130 Å². The second kappa shape index (κ2) is 14.6. The molecular formula is C44H42F6NO2+. The zero-order valence-electron chi connectivity index (χ0n) is 29.7. The molecule has 3 nitrogen and oxygen atoms in total. The third kappa shape index (κ3) is 7.81. The minimum atomic E-state index is -4.80. The van der Waals surface area contributed by atoms with Crippen LogP contribution in [0.5, 0.6) is 11.5 Å². The lowest BCUT2D eigenvalue weighted by Crippen LogP contribution is -2.52. The Bertz CT molecular complexity index is 2200. The van der Waals surface area contributed by atoms with Crippen LogP contribution in [0, 0.1) is 5.92 Å². The van der Waals surface area contributed by atoms with Gasteiger partial charge in [0, 0.05) is 17.4 Å². The third-order valence-electron chi connectivity index (χ3n) is 10.8. The molecule has 2 unspecified atom stereocenters. The Hall–Kier alpha value is -4.76. The lowest BCUT2D eigenvalue weighted by atomic mass is 9.72. The second-order valence-corrected chi connectivity index (χ2v) is 14.3. The van der Waals surface area contributed by atoms with E-state index in [2.05, 4.69) is 59.7 Å². The summed E-state index contributed by atoms with van der Waals surface area (Å²) in [6.45, 7) is 7.81. The van der Waals surface area contributed by atoms with Crippen LogP contribution in [0.3, 0.4) is 0 Å². The molecule has 7 rings (SSSR count). The molecule has 0 saturated carbocycles. The van der Waals surface area contributed by atoms with Crippen molar-refractivity contribution < 1.29 is 40.3 Å². The van der Waals surface area contributed by atoms with Crippen LogP contribution in [0.2, 0.25) is 0 Å². The lowest BCUT2D eigenvalue weighted by molar-refractivity contribution is -0.943. The minimum absolute atomic E-state index is 0.0320.